The summed E-state index contributed by atoms with van der Waals surface area (Å²) in [6, 6.07) is 3.09. The van der Waals surface area contributed by atoms with E-state index in [4.69, 9.17) is 14.6 Å². The van der Waals surface area contributed by atoms with Crippen molar-refractivity contribution in [2.24, 2.45) is 0 Å². The van der Waals surface area contributed by atoms with E-state index in [1.165, 1.54) is 0 Å². The summed E-state index contributed by atoms with van der Waals surface area (Å²) in [7, 11) is 0. The molecule has 8 nitrogen and oxygen atoms in total. The smallest absolute Gasteiger partial charge is 0.430 e. The normalized spacial score (nSPS) is 12.4. The van der Waals surface area contributed by atoms with Crippen molar-refractivity contribution in [3.63, 3.8) is 0 Å². The van der Waals surface area contributed by atoms with Crippen molar-refractivity contribution >= 4 is 11.9 Å². The maximum Gasteiger partial charge on any atom is 0.430 e. The predicted octanol–water partition coefficient (Wildman–Crippen LogP) is 1.03. The first-order chi connectivity index (χ1) is 12.8. The van der Waals surface area contributed by atoms with Gasteiger partial charge in [-0.05, 0) is 31.9 Å². The molecular formula is C17H19F3N4O4. The average Bonchev–Trinajstić information content (AvgIpc) is 2.60. The molecule has 2 aromatic rings. The van der Waals surface area contributed by atoms with E-state index in [-0.39, 0.29) is 5.97 Å². The van der Waals surface area contributed by atoms with Crippen LogP contribution >= 0.6 is 0 Å². The fourth-order valence-electron chi connectivity index (χ4n) is 1.67. The van der Waals surface area contributed by atoms with Gasteiger partial charge in [0.25, 0.3) is 6.04 Å². The highest BCUT2D eigenvalue weighted by Crippen LogP contribution is 2.13. The lowest BCUT2D eigenvalue weighted by molar-refractivity contribution is -0.763. The molecule has 0 aromatic carbocycles. The van der Waals surface area contributed by atoms with Gasteiger partial charge in [-0.15, -0.1) is 0 Å². The van der Waals surface area contributed by atoms with E-state index < -0.39 is 23.8 Å². The Balaban J connectivity index is 0.000000480. The third-order valence-corrected chi connectivity index (χ3v) is 2.94. The van der Waals surface area contributed by atoms with Gasteiger partial charge in [0.1, 0.15) is 17.8 Å². The zero-order valence-electron chi connectivity index (χ0n) is 15.6. The van der Waals surface area contributed by atoms with Crippen LogP contribution in [-0.2, 0) is 14.3 Å². The van der Waals surface area contributed by atoms with Crippen LogP contribution in [-0.4, -0.2) is 38.8 Å². The molecule has 0 saturated heterocycles. The third kappa shape index (κ3) is 7.64. The van der Waals surface area contributed by atoms with E-state index in [1.807, 2.05) is 26.8 Å². The van der Waals surface area contributed by atoms with Gasteiger partial charge in [0.15, 0.2) is 12.0 Å². The highest BCUT2D eigenvalue weighted by Gasteiger charge is 2.30. The Bertz CT molecular complexity index is 791. The third-order valence-electron chi connectivity index (χ3n) is 2.94. The Morgan fingerprint density at radius 2 is 1.71 bits per heavy atom. The molecule has 2 aromatic heterocycles. The van der Waals surface area contributed by atoms with Crippen LogP contribution in [0.3, 0.4) is 0 Å². The molecule has 1 atom stereocenters. The van der Waals surface area contributed by atoms with Crippen LogP contribution in [0.4, 0.5) is 13.2 Å². The first-order valence-corrected chi connectivity index (χ1v) is 7.97. The number of aliphatic carboxylic acids is 1. The summed E-state index contributed by atoms with van der Waals surface area (Å²) in [5.74, 6) is -2.72. The molecule has 0 spiro atoms. The summed E-state index contributed by atoms with van der Waals surface area (Å²) in [6.07, 6.45) is 1.51. The Morgan fingerprint density at radius 3 is 2.11 bits per heavy atom. The molecule has 0 radical (unpaired) electrons. The van der Waals surface area contributed by atoms with Crippen LogP contribution in [0.15, 0.2) is 36.9 Å². The van der Waals surface area contributed by atoms with Gasteiger partial charge in [-0.3, -0.25) is 0 Å². The molecule has 1 unspecified atom stereocenters. The van der Waals surface area contributed by atoms with Crippen LogP contribution in [0.5, 0.6) is 0 Å². The van der Waals surface area contributed by atoms with Gasteiger partial charge in [0.05, 0.1) is 0 Å². The molecule has 2 heterocycles. The van der Waals surface area contributed by atoms with Crippen molar-refractivity contribution < 1.29 is 37.3 Å². The maximum absolute atomic E-state index is 12.0. The van der Waals surface area contributed by atoms with Crippen molar-refractivity contribution in [2.75, 3.05) is 0 Å². The number of ether oxygens (including phenoxy) is 1. The topological polar surface area (TPSA) is 109 Å². The fourth-order valence-corrected chi connectivity index (χ4v) is 1.67. The SMILES string of the molecule is CC(C(=O)OC(C)(C)C)[n+]1ccc(-c2ncccn2)cn1.O=C([O-])C(F)(F)F. The van der Waals surface area contributed by atoms with Gasteiger partial charge < -0.3 is 14.6 Å². The lowest BCUT2D eigenvalue weighted by Gasteiger charge is -2.19. The Kier molecular flexibility index (Phi) is 7.53. The second-order valence-corrected chi connectivity index (χ2v) is 6.46. The van der Waals surface area contributed by atoms with Crippen molar-refractivity contribution in [1.29, 1.82) is 0 Å². The highest BCUT2D eigenvalue weighted by molar-refractivity contribution is 5.72. The summed E-state index contributed by atoms with van der Waals surface area (Å²) in [6.45, 7) is 7.27. The lowest BCUT2D eigenvalue weighted by Crippen LogP contribution is -2.47. The van der Waals surface area contributed by atoms with E-state index in [1.54, 1.807) is 42.5 Å². The zero-order valence-corrected chi connectivity index (χ0v) is 15.6. The number of esters is 1. The number of carboxylic acids is 1. The summed E-state index contributed by atoms with van der Waals surface area (Å²) in [5, 5.41) is 13.0. The first-order valence-electron chi connectivity index (χ1n) is 7.97. The molecule has 11 heteroatoms. The van der Waals surface area contributed by atoms with Crippen molar-refractivity contribution in [2.45, 2.75) is 45.5 Å². The average molecular weight is 400 g/mol. The number of carboxylic acid groups (broad SMARTS) is 1. The van der Waals surface area contributed by atoms with Crippen molar-refractivity contribution in [1.82, 2.24) is 15.1 Å². The number of aromatic nitrogens is 4. The van der Waals surface area contributed by atoms with Crippen LogP contribution in [0.2, 0.25) is 0 Å². The van der Waals surface area contributed by atoms with Gasteiger partial charge in [-0.25, -0.2) is 14.8 Å². The number of carbonyl (C=O) groups excluding carboxylic acids is 2. The Hall–Kier alpha value is -3.11. The molecule has 0 aliphatic rings. The second kappa shape index (κ2) is 9.20. The second-order valence-electron chi connectivity index (χ2n) is 6.46. The van der Waals surface area contributed by atoms with Gasteiger partial charge in [-0.1, -0.05) is 4.68 Å². The number of nitrogens with zero attached hydrogens (tertiary/aromatic N) is 4. The quantitative estimate of drug-likeness (QED) is 0.559. The number of hydrogen-bond acceptors (Lipinski definition) is 7. The number of rotatable bonds is 3. The van der Waals surface area contributed by atoms with Crippen molar-refractivity contribution in [3.8, 4) is 11.4 Å². The fraction of sp³-hybridized carbons (Fsp3) is 0.412. The molecule has 0 aliphatic heterocycles. The molecule has 0 amide bonds. The number of carbonyl (C=O) groups is 2. The molecule has 0 N–H and O–H groups in total. The molecule has 0 aliphatic carbocycles. The van der Waals surface area contributed by atoms with E-state index in [2.05, 4.69) is 15.1 Å². The summed E-state index contributed by atoms with van der Waals surface area (Å²) in [5.41, 5.74) is 0.284. The van der Waals surface area contributed by atoms with E-state index in [0.29, 0.717) is 5.82 Å². The first kappa shape index (κ1) is 22.9. The summed E-state index contributed by atoms with van der Waals surface area (Å²) >= 11 is 0. The van der Waals surface area contributed by atoms with Crippen molar-refractivity contribution in [3.05, 3.63) is 36.9 Å². The van der Waals surface area contributed by atoms with Crippen LogP contribution in [0, 0.1) is 0 Å². The molecule has 2 rings (SSSR count). The Labute approximate surface area is 159 Å². The minimum absolute atomic E-state index is 0.316. The van der Waals surface area contributed by atoms with Crippen LogP contribution < -0.4 is 9.79 Å². The predicted molar refractivity (Wildman–Crippen MR) is 87.1 cm³/mol. The summed E-state index contributed by atoms with van der Waals surface area (Å²) in [4.78, 5) is 29.1. The van der Waals surface area contributed by atoms with E-state index in [0.717, 1.165) is 5.56 Å². The molecule has 28 heavy (non-hydrogen) atoms. The largest absolute Gasteiger partial charge is 0.542 e. The number of alkyl halides is 3. The highest BCUT2D eigenvalue weighted by atomic mass is 19.4. The van der Waals surface area contributed by atoms with Gasteiger partial charge in [-0.2, -0.15) is 13.2 Å². The monoisotopic (exact) mass is 400 g/mol. The molecule has 0 fully saturated rings. The van der Waals surface area contributed by atoms with Crippen LogP contribution in [0.25, 0.3) is 11.4 Å². The maximum atomic E-state index is 12.0. The Morgan fingerprint density at radius 1 is 1.18 bits per heavy atom. The minimum Gasteiger partial charge on any atom is -0.542 e. The zero-order chi connectivity index (χ0) is 21.5. The minimum atomic E-state index is -5.19. The van der Waals surface area contributed by atoms with E-state index in [9.17, 15) is 18.0 Å². The number of halogens is 3. The van der Waals surface area contributed by atoms with Crippen LogP contribution in [0.1, 0.15) is 33.7 Å². The molecule has 0 saturated carbocycles. The lowest BCUT2D eigenvalue weighted by atomic mass is 10.2. The molecular weight excluding hydrogens is 381 g/mol. The van der Waals surface area contributed by atoms with Gasteiger partial charge in [0, 0.05) is 30.9 Å². The van der Waals surface area contributed by atoms with Gasteiger partial charge in [0.2, 0.25) is 0 Å². The molecule has 152 valence electrons. The molecule has 0 bridgehead atoms. The van der Waals surface area contributed by atoms with Gasteiger partial charge >= 0.3 is 12.1 Å². The standard InChI is InChI=1S/C15H19N4O2.C2HF3O2/c1-11(14(20)21-15(2,3)4)19-9-6-12(10-18-19)13-16-7-5-8-17-13;3-2(4,5)1(6)7/h5-11H,1-4H3;(H,6,7)/q+1;/p-1. The summed E-state index contributed by atoms with van der Waals surface area (Å²) < 4.78 is 38.4. The van der Waals surface area contributed by atoms with E-state index >= 15 is 0 Å². The number of hydrogen-bond donors (Lipinski definition) is 0.